The number of nitrogens with one attached hydrogen (secondary N) is 3. The minimum atomic E-state index is -4.49. The molecular weight excluding hydrogens is 1830 g/mol. The fraction of sp³-hybridized carbons (Fsp3) is 0.351. The Kier molecular flexibility index (Phi) is 28.8. The number of hydrogen-bond donors (Lipinski definition) is 4. The molecule has 137 heavy (non-hydrogen) atoms. The standard InChI is InChI=1S/C34H36FN7O4S.C32H30F2N6O5S.C31H28F2N6O4S/c1-21(2)39-32-24(17-36)15-28(16-30(32)35)47(45,46)42-13-12-31(42)34(44)41(27-10-11-29-25(14-27)19-38-40-33(29)43)20-26-9-8-23(18-37-26)22-6-4-3-5-7-22;33-28-14-26(13-22(15-35)30(28)34)46(44,45)40-11-10-29(40)32(43)38(18-24-7-6-21(16-36-24)20-4-2-1-3-5-20)25-8-9-27-23(12-25)17-37-39(19-41)31(27)42;32-27-14-25(13-21(15-34)29(27)33)44(42,43)39-11-10-28(39)31(41)38(24-8-9-26-22(12-24)17-36-37-30(26)40)18-23-7-6-20(16-35-23)19-4-2-1-3-5-19/h8-11,14-16,18-19,21-22,31,39H,3-7,12-13,20H2,1-2H3,(H,40,43);6-9,12-14,16-17,20,29,41H,1-5,10-11,18-19H2;6-9,12-14,16-17,19,28H,1-5,10-11,18H2,(H,37,40)/t31-;29-;28-/m111/s1. The average molecular weight is 1930 g/mol. The number of aliphatic hydroxyl groups is 1. The van der Waals surface area contributed by atoms with Crippen molar-refractivity contribution in [3.63, 3.8) is 0 Å². The maximum atomic E-state index is 15.1. The predicted molar refractivity (Wildman–Crippen MR) is 496 cm³/mol. The van der Waals surface area contributed by atoms with Crippen molar-refractivity contribution in [2.45, 2.75) is 212 Å². The lowest BCUT2D eigenvalue weighted by Crippen LogP contribution is -2.59. The second-order valence-corrected chi connectivity index (χ2v) is 40.8. The molecule has 6 aromatic heterocycles. The molecule has 3 aliphatic heterocycles. The summed E-state index contributed by atoms with van der Waals surface area (Å²) in [5, 5.41) is 59.1. The summed E-state index contributed by atoms with van der Waals surface area (Å²) in [7, 11) is -13.3. The van der Waals surface area contributed by atoms with Gasteiger partial charge in [0.25, 0.3) is 16.7 Å². The van der Waals surface area contributed by atoms with E-state index < -0.39 is 139 Å². The number of hydrogen-bond acceptors (Lipinski definition) is 23. The zero-order chi connectivity index (χ0) is 96.9. The van der Waals surface area contributed by atoms with Crippen LogP contribution in [0.25, 0.3) is 32.3 Å². The summed E-state index contributed by atoms with van der Waals surface area (Å²) < 4.78 is 157. The third-order valence-electron chi connectivity index (χ3n) is 26.2. The van der Waals surface area contributed by atoms with Crippen LogP contribution in [-0.2, 0) is 70.8 Å². The number of rotatable bonds is 24. The quantitative estimate of drug-likeness (QED) is 0.0408. The zero-order valence-corrected chi connectivity index (χ0v) is 76.9. The highest BCUT2D eigenvalue weighted by molar-refractivity contribution is 7.89. The number of nitriles is 3. The molecule has 0 unspecified atom stereocenters. The van der Waals surface area contributed by atoms with Crippen LogP contribution >= 0.6 is 0 Å². The van der Waals surface area contributed by atoms with Crippen molar-refractivity contribution < 1.29 is 66.7 Å². The van der Waals surface area contributed by atoms with Crippen LogP contribution in [0.5, 0.6) is 0 Å². The molecule has 40 heteroatoms. The third-order valence-corrected chi connectivity index (χ3v) is 31.8. The van der Waals surface area contributed by atoms with Gasteiger partial charge < -0.3 is 25.1 Å². The van der Waals surface area contributed by atoms with Gasteiger partial charge in [-0.1, -0.05) is 76.0 Å². The molecule has 4 N–H and O–H groups in total. The smallest absolute Gasteiger partial charge is 0.276 e. The summed E-state index contributed by atoms with van der Waals surface area (Å²) >= 11 is 0. The van der Waals surface area contributed by atoms with Crippen molar-refractivity contribution in [3.8, 4) is 18.2 Å². The van der Waals surface area contributed by atoms with Crippen LogP contribution in [0.15, 0.2) is 194 Å². The monoisotopic (exact) mass is 1920 g/mol. The Morgan fingerprint density at radius 2 is 0.774 bits per heavy atom. The summed E-state index contributed by atoms with van der Waals surface area (Å²) in [5.74, 6) is -7.04. The van der Waals surface area contributed by atoms with E-state index in [0.717, 1.165) is 110 Å². The van der Waals surface area contributed by atoms with Gasteiger partial charge in [-0.05, 0) is 215 Å². The maximum absolute atomic E-state index is 15.1. The number of aromatic amines is 2. The van der Waals surface area contributed by atoms with Gasteiger partial charge in [0.05, 0.1) is 109 Å². The van der Waals surface area contributed by atoms with E-state index in [1.165, 1.54) is 96.4 Å². The third kappa shape index (κ3) is 20.3. The number of aromatic nitrogens is 9. The molecule has 3 saturated carbocycles. The molecule has 3 amide bonds. The largest absolute Gasteiger partial charge is 0.379 e. The Morgan fingerprint density at radius 1 is 0.438 bits per heavy atom. The van der Waals surface area contributed by atoms with Crippen molar-refractivity contribution in [2.75, 3.05) is 39.7 Å². The van der Waals surface area contributed by atoms with Gasteiger partial charge in [0.15, 0.2) is 23.3 Å². The summed E-state index contributed by atoms with van der Waals surface area (Å²) in [6.45, 7) is 2.96. The van der Waals surface area contributed by atoms with E-state index in [4.69, 9.17) is 10.5 Å². The van der Waals surface area contributed by atoms with Gasteiger partial charge in [-0.25, -0.2) is 62.1 Å². The summed E-state index contributed by atoms with van der Waals surface area (Å²) in [4.78, 5) is 96.3. The number of pyridine rings is 3. The van der Waals surface area contributed by atoms with Gasteiger partial charge in [-0.3, -0.25) is 43.7 Å². The van der Waals surface area contributed by atoms with E-state index in [1.807, 2.05) is 61.1 Å². The Hall–Kier alpha value is -13.8. The average Bonchev–Trinajstić information content (AvgIpc) is 0.754. The lowest BCUT2D eigenvalue weighted by atomic mass is 9.85. The first-order valence-corrected chi connectivity index (χ1v) is 49.4. The van der Waals surface area contributed by atoms with Gasteiger partial charge in [0.2, 0.25) is 47.8 Å². The van der Waals surface area contributed by atoms with Crippen molar-refractivity contribution in [1.29, 1.82) is 15.8 Å². The van der Waals surface area contributed by atoms with Gasteiger partial charge in [-0.2, -0.15) is 44.0 Å². The van der Waals surface area contributed by atoms with Crippen molar-refractivity contribution in [3.05, 3.63) is 275 Å². The Labute approximate surface area is 784 Å². The van der Waals surface area contributed by atoms with Crippen LogP contribution in [0.4, 0.5) is 44.7 Å². The number of sulfonamides is 3. The molecule has 0 spiro atoms. The van der Waals surface area contributed by atoms with Crippen LogP contribution in [0.3, 0.4) is 0 Å². The predicted octanol–water partition coefficient (Wildman–Crippen LogP) is 13.6. The number of anilines is 4. The number of carbonyl (C=O) groups excluding carboxylic acids is 3. The molecule has 0 bridgehead atoms. The van der Waals surface area contributed by atoms with Gasteiger partial charge in [0.1, 0.15) is 48.9 Å². The highest BCUT2D eigenvalue weighted by atomic mass is 32.2. The molecule has 708 valence electrons. The Bertz CT molecular complexity index is 7370. The van der Waals surface area contributed by atoms with E-state index in [-0.39, 0.29) is 86.8 Å². The van der Waals surface area contributed by atoms with Crippen LogP contribution in [0.2, 0.25) is 0 Å². The minimum absolute atomic E-state index is 0.0139. The lowest BCUT2D eigenvalue weighted by Gasteiger charge is -2.41. The van der Waals surface area contributed by atoms with Gasteiger partial charge >= 0.3 is 0 Å². The molecule has 3 atom stereocenters. The first-order chi connectivity index (χ1) is 65.8. The van der Waals surface area contributed by atoms with E-state index in [0.29, 0.717) is 91.0 Å². The Balaban J connectivity index is 0.000000149. The molecule has 32 nitrogen and oxygen atoms in total. The van der Waals surface area contributed by atoms with Crippen molar-refractivity contribution >= 4 is 103 Å². The molecule has 3 saturated heterocycles. The van der Waals surface area contributed by atoms with Crippen LogP contribution in [0, 0.1) is 63.1 Å². The second-order valence-electron chi connectivity index (χ2n) is 35.1. The molecule has 3 aliphatic carbocycles. The number of H-pyrrole nitrogens is 2. The van der Waals surface area contributed by atoms with E-state index in [2.05, 4.69) is 45.8 Å². The van der Waals surface area contributed by atoms with Crippen LogP contribution in [0.1, 0.15) is 198 Å². The van der Waals surface area contributed by atoms with E-state index in [9.17, 15) is 82.0 Å². The molecule has 0 radical (unpaired) electrons. The van der Waals surface area contributed by atoms with Gasteiger partial charge in [-0.15, -0.1) is 0 Å². The van der Waals surface area contributed by atoms with E-state index in [1.54, 1.807) is 62.4 Å². The lowest BCUT2D eigenvalue weighted by molar-refractivity contribution is -0.125. The molecule has 12 aromatic rings. The number of nitrogens with zero attached hydrogens (tertiary/aromatic N) is 16. The minimum Gasteiger partial charge on any atom is -0.379 e. The van der Waals surface area contributed by atoms with Crippen LogP contribution in [-0.4, -0.2) is 150 Å². The normalized spacial score (nSPS) is 17.4. The molecule has 9 heterocycles. The second kappa shape index (κ2) is 41.0. The molecular formula is C97H94F5N19O13S3. The molecule has 6 aromatic carbocycles. The topological polar surface area (TPSA) is 442 Å². The number of aliphatic hydroxyl groups excluding tert-OH is 1. The first-order valence-electron chi connectivity index (χ1n) is 45.0. The molecule has 6 aliphatic rings. The summed E-state index contributed by atoms with van der Waals surface area (Å²) in [6, 6.07) is 31.7. The summed E-state index contributed by atoms with van der Waals surface area (Å²) in [5.41, 5.74) is 3.33. The fourth-order valence-corrected chi connectivity index (χ4v) is 23.4. The maximum Gasteiger partial charge on any atom is 0.276 e. The van der Waals surface area contributed by atoms with Crippen molar-refractivity contribution in [1.82, 2.24) is 58.0 Å². The number of fused-ring (bicyclic) bond motifs is 3. The number of amides is 3. The molecule has 18 rings (SSSR count). The fourth-order valence-electron chi connectivity index (χ4n) is 18.4. The highest BCUT2D eigenvalue weighted by Gasteiger charge is 2.49. The Morgan fingerprint density at radius 3 is 1.09 bits per heavy atom. The van der Waals surface area contributed by atoms with Crippen molar-refractivity contribution in [2.24, 2.45) is 0 Å². The van der Waals surface area contributed by atoms with Crippen LogP contribution < -0.4 is 36.7 Å². The SMILES string of the molecule is CC(C)Nc1c(F)cc(S(=O)(=O)N2CC[C@@H]2C(=O)N(Cc2ccc(C3CCCCC3)cn2)c2ccc3c(=O)[nH]ncc3c2)cc1C#N.N#Cc1cc(S(=O)(=O)N2CC[C@@H]2C(=O)N(Cc2ccc(C3CCCCC3)cn2)c2ccc3c(=O)[nH]ncc3c2)cc(F)c1F.N#Cc1cc(S(=O)(=O)N2CC[C@@H]2C(=O)N(Cc2ccc(C3CCCCC3)cn2)c2ccc3c(=O)n(CO)ncc3c2)cc(F)c1F. The summed E-state index contributed by atoms with van der Waals surface area (Å²) in [6.07, 6.45) is 27.8. The number of halogens is 5. The number of benzene rings is 6. The highest BCUT2D eigenvalue weighted by Crippen LogP contribution is 2.41. The van der Waals surface area contributed by atoms with E-state index >= 15 is 4.39 Å². The van der Waals surface area contributed by atoms with Gasteiger partial charge in [0, 0.05) is 77.5 Å². The first kappa shape index (κ1) is 96.3. The zero-order valence-electron chi connectivity index (χ0n) is 74.4. The number of carbonyl (C=O) groups is 3. The molecule has 6 fully saturated rings.